The monoisotopic (exact) mass is 337 g/mol. The third-order valence-electron chi connectivity index (χ3n) is 2.71. The molecule has 3 N–H and O–H groups in total. The van der Waals surface area contributed by atoms with Gasteiger partial charge in [0.05, 0.1) is 0 Å². The fourth-order valence-electron chi connectivity index (χ4n) is 1.56. The SMILES string of the molecule is CC(ON[NH+]([O-])N(C)CCCCCCO)OC(=O)OC(C)(C)C. The van der Waals surface area contributed by atoms with Crippen molar-refractivity contribution >= 4 is 6.16 Å². The molecule has 0 fully saturated rings. The number of aliphatic hydroxyl groups excluding tert-OH is 1. The van der Waals surface area contributed by atoms with E-state index in [1.54, 1.807) is 27.8 Å². The normalized spacial score (nSPS) is 14.6. The van der Waals surface area contributed by atoms with Gasteiger partial charge in [-0.15, -0.1) is 5.01 Å². The van der Waals surface area contributed by atoms with Crippen LogP contribution >= 0.6 is 0 Å². The van der Waals surface area contributed by atoms with Gasteiger partial charge in [-0.2, -0.15) is 5.28 Å². The first-order valence-corrected chi connectivity index (χ1v) is 7.83. The summed E-state index contributed by atoms with van der Waals surface area (Å²) in [5.41, 5.74) is 1.56. The Morgan fingerprint density at radius 3 is 2.48 bits per heavy atom. The van der Waals surface area contributed by atoms with E-state index < -0.39 is 23.3 Å². The molecule has 2 unspecified atom stereocenters. The Morgan fingerprint density at radius 2 is 1.91 bits per heavy atom. The van der Waals surface area contributed by atoms with Crippen LogP contribution < -0.4 is 10.9 Å². The molecule has 0 saturated carbocycles. The van der Waals surface area contributed by atoms with Gasteiger partial charge in [0.2, 0.25) is 6.29 Å². The molecule has 9 heteroatoms. The van der Waals surface area contributed by atoms with Crippen molar-refractivity contribution in [3.05, 3.63) is 5.21 Å². The van der Waals surface area contributed by atoms with Gasteiger partial charge in [0.1, 0.15) is 5.60 Å². The maximum absolute atomic E-state index is 11.8. The molecule has 0 rings (SSSR count). The molecule has 0 amide bonds. The number of hydrogen-bond acceptors (Lipinski definition) is 8. The van der Waals surface area contributed by atoms with Crippen LogP contribution in [0.1, 0.15) is 53.4 Å². The molecular weight excluding hydrogens is 306 g/mol. The van der Waals surface area contributed by atoms with E-state index in [0.29, 0.717) is 6.54 Å². The van der Waals surface area contributed by atoms with Crippen molar-refractivity contribution in [3.8, 4) is 0 Å². The quantitative estimate of drug-likeness (QED) is 0.217. The van der Waals surface area contributed by atoms with E-state index in [9.17, 15) is 10.0 Å². The number of hydrogen-bond donors (Lipinski definition) is 3. The first kappa shape index (κ1) is 22.0. The Hall–Kier alpha value is -0.970. The molecule has 0 aliphatic carbocycles. The van der Waals surface area contributed by atoms with E-state index in [1.165, 1.54) is 11.9 Å². The highest BCUT2D eigenvalue weighted by atomic mass is 16.9. The van der Waals surface area contributed by atoms with Gasteiger partial charge >= 0.3 is 6.16 Å². The zero-order valence-electron chi connectivity index (χ0n) is 14.8. The van der Waals surface area contributed by atoms with Crippen LogP contribution in [0.2, 0.25) is 0 Å². The van der Waals surface area contributed by atoms with E-state index in [0.717, 1.165) is 25.7 Å². The maximum Gasteiger partial charge on any atom is 0.511 e. The van der Waals surface area contributed by atoms with Crippen LogP contribution in [0.3, 0.4) is 0 Å². The summed E-state index contributed by atoms with van der Waals surface area (Å²) in [6.07, 6.45) is 1.66. The topological polar surface area (TPSA) is 108 Å². The summed E-state index contributed by atoms with van der Waals surface area (Å²) in [4.78, 5) is 16.4. The third-order valence-corrected chi connectivity index (χ3v) is 2.71. The van der Waals surface area contributed by atoms with Gasteiger partial charge in [0.25, 0.3) is 0 Å². The molecule has 0 aliphatic heterocycles. The molecule has 0 aromatic heterocycles. The smallest absolute Gasteiger partial charge is 0.511 e. The van der Waals surface area contributed by atoms with Gasteiger partial charge in [-0.25, -0.2) is 9.63 Å². The lowest BCUT2D eigenvalue weighted by Crippen LogP contribution is -3.19. The second-order valence-corrected chi connectivity index (χ2v) is 6.23. The number of carbonyl (C=O) groups excluding carboxylic acids is 1. The van der Waals surface area contributed by atoms with Gasteiger partial charge in [-0.05, 0) is 39.2 Å². The molecule has 0 aliphatic rings. The van der Waals surface area contributed by atoms with Gasteiger partial charge in [0.15, 0.2) is 0 Å². The fraction of sp³-hybridized carbons (Fsp3) is 0.929. The molecule has 0 saturated heterocycles. The van der Waals surface area contributed by atoms with Crippen molar-refractivity contribution in [2.24, 2.45) is 0 Å². The largest absolute Gasteiger partial charge is 0.591 e. The molecule has 0 radical (unpaired) electrons. The number of aliphatic hydroxyl groups is 1. The van der Waals surface area contributed by atoms with E-state index in [2.05, 4.69) is 5.59 Å². The summed E-state index contributed by atoms with van der Waals surface area (Å²) >= 11 is 0. The van der Waals surface area contributed by atoms with Gasteiger partial charge in [-0.3, -0.25) is 0 Å². The number of nitrogens with zero attached hydrogens (tertiary/aromatic N) is 1. The maximum atomic E-state index is 11.8. The number of ether oxygens (including phenoxy) is 2. The second-order valence-electron chi connectivity index (χ2n) is 6.23. The Kier molecular flexibility index (Phi) is 11.1. The van der Waals surface area contributed by atoms with E-state index in [1.807, 2.05) is 0 Å². The van der Waals surface area contributed by atoms with Gasteiger partial charge < -0.3 is 19.8 Å². The lowest BCUT2D eigenvalue weighted by molar-refractivity contribution is -1.03. The molecule has 9 nitrogen and oxygen atoms in total. The summed E-state index contributed by atoms with van der Waals surface area (Å²) in [6, 6.07) is 0. The van der Waals surface area contributed by atoms with E-state index >= 15 is 0 Å². The van der Waals surface area contributed by atoms with Crippen LogP contribution in [0.4, 0.5) is 4.79 Å². The summed E-state index contributed by atoms with van der Waals surface area (Å²) in [7, 11) is 1.64. The Morgan fingerprint density at radius 1 is 1.30 bits per heavy atom. The van der Waals surface area contributed by atoms with Crippen molar-refractivity contribution in [2.75, 3.05) is 20.2 Å². The minimum Gasteiger partial charge on any atom is -0.591 e. The molecule has 0 spiro atoms. The Bertz CT molecular complexity index is 324. The zero-order chi connectivity index (χ0) is 17.9. The van der Waals surface area contributed by atoms with Gasteiger partial charge in [-0.1, -0.05) is 12.8 Å². The highest BCUT2D eigenvalue weighted by Crippen LogP contribution is 2.09. The van der Waals surface area contributed by atoms with Crippen LogP contribution in [0.25, 0.3) is 0 Å². The number of carbonyl (C=O) groups is 1. The molecular formula is C14H31N3O6. The molecule has 0 heterocycles. The predicted octanol–water partition coefficient (Wildman–Crippen LogP) is 0.503. The first-order valence-electron chi connectivity index (χ1n) is 7.83. The van der Waals surface area contributed by atoms with Crippen LogP contribution in [-0.4, -0.2) is 48.4 Å². The van der Waals surface area contributed by atoms with Crippen LogP contribution in [-0.2, 0) is 14.3 Å². The molecule has 23 heavy (non-hydrogen) atoms. The minimum atomic E-state index is -0.966. The zero-order valence-corrected chi connectivity index (χ0v) is 14.8. The second kappa shape index (κ2) is 11.5. The molecule has 0 aromatic rings. The lowest BCUT2D eigenvalue weighted by Gasteiger charge is -2.30. The number of unbranched alkanes of at least 4 members (excludes halogenated alkanes) is 3. The molecule has 2 atom stereocenters. The standard InChI is InChI=1S/C14H31N3O6/c1-12(21-13(19)22-14(2,3)4)23-15-17(20)16(5)10-8-6-7-9-11-18/h12,15,17-18H,6-11H2,1-5H3. The number of nitrogens with one attached hydrogen (secondary N) is 2. The van der Waals surface area contributed by atoms with Crippen molar-refractivity contribution in [2.45, 2.75) is 65.3 Å². The highest BCUT2D eigenvalue weighted by molar-refractivity contribution is 5.60. The van der Waals surface area contributed by atoms with Crippen molar-refractivity contribution < 1.29 is 29.5 Å². The summed E-state index contributed by atoms with van der Waals surface area (Å²) in [6.45, 7) is 7.39. The summed E-state index contributed by atoms with van der Waals surface area (Å²) in [5, 5.41) is 21.5. The van der Waals surface area contributed by atoms with Crippen molar-refractivity contribution in [1.29, 1.82) is 0 Å². The Balaban J connectivity index is 3.85. The molecule has 0 bridgehead atoms. The lowest BCUT2D eigenvalue weighted by atomic mass is 10.2. The highest BCUT2D eigenvalue weighted by Gasteiger charge is 2.20. The molecule has 0 aromatic carbocycles. The van der Waals surface area contributed by atoms with Crippen LogP contribution in [0.15, 0.2) is 0 Å². The fourth-order valence-corrected chi connectivity index (χ4v) is 1.56. The minimum absolute atomic E-state index is 0.194. The Labute approximate surface area is 137 Å². The predicted molar refractivity (Wildman–Crippen MR) is 83.5 cm³/mol. The van der Waals surface area contributed by atoms with E-state index in [4.69, 9.17) is 19.4 Å². The first-order chi connectivity index (χ1) is 10.7. The molecule has 138 valence electrons. The third kappa shape index (κ3) is 13.2. The van der Waals surface area contributed by atoms with Crippen LogP contribution in [0, 0.1) is 5.21 Å². The van der Waals surface area contributed by atoms with Crippen molar-refractivity contribution in [1.82, 2.24) is 10.6 Å². The number of rotatable bonds is 11. The van der Waals surface area contributed by atoms with Gasteiger partial charge in [0, 0.05) is 27.1 Å². The summed E-state index contributed by atoms with van der Waals surface area (Å²) < 4.78 is 9.81. The van der Waals surface area contributed by atoms with Crippen LogP contribution in [0.5, 0.6) is 0 Å². The summed E-state index contributed by atoms with van der Waals surface area (Å²) in [5.74, 6) is 0. The van der Waals surface area contributed by atoms with E-state index in [-0.39, 0.29) is 6.61 Å². The van der Waals surface area contributed by atoms with Crippen molar-refractivity contribution in [3.63, 3.8) is 0 Å². The number of quaternary nitrogens is 1. The average Bonchev–Trinajstić information content (AvgIpc) is 2.42. The average molecular weight is 337 g/mol.